The fourth-order valence-electron chi connectivity index (χ4n) is 5.41. The van der Waals surface area contributed by atoms with Crippen molar-refractivity contribution in [2.24, 2.45) is 0 Å². The third-order valence-electron chi connectivity index (χ3n) is 7.26. The lowest BCUT2D eigenvalue weighted by atomic mass is 10.00. The van der Waals surface area contributed by atoms with Gasteiger partial charge in [0.15, 0.2) is 0 Å². The average molecular weight is 518 g/mol. The zero-order valence-electron chi connectivity index (χ0n) is 22.3. The maximum absolute atomic E-state index is 14.1. The Morgan fingerprint density at radius 1 is 1.00 bits per heavy atom. The lowest BCUT2D eigenvalue weighted by Crippen LogP contribution is -2.38. The van der Waals surface area contributed by atoms with Crippen molar-refractivity contribution in [2.45, 2.75) is 32.9 Å². The van der Waals surface area contributed by atoms with Gasteiger partial charge in [-0.25, -0.2) is 9.48 Å². The van der Waals surface area contributed by atoms with E-state index in [9.17, 15) is 4.79 Å². The SMILES string of the molecule is CCc1nn(-c2ccccc2)c2c1CN(C(=O)Nc1ccc(OC)cc1)[C@@H](c1cccc(C)c1)c1cccn1-2. The summed E-state index contributed by atoms with van der Waals surface area (Å²) in [6.45, 7) is 4.60. The normalized spacial score (nSPS) is 14.3. The molecule has 1 N–H and O–H groups in total. The number of rotatable bonds is 5. The minimum atomic E-state index is -0.306. The third kappa shape index (κ3) is 4.46. The minimum absolute atomic E-state index is 0.179. The number of urea groups is 1. The molecule has 0 aliphatic carbocycles. The molecule has 3 heterocycles. The van der Waals surface area contributed by atoms with Crippen molar-refractivity contribution in [2.75, 3.05) is 12.4 Å². The van der Waals surface area contributed by atoms with Gasteiger partial charge in [-0.15, -0.1) is 0 Å². The van der Waals surface area contributed by atoms with Crippen molar-refractivity contribution in [1.82, 2.24) is 19.2 Å². The molecule has 5 aromatic rings. The zero-order valence-corrected chi connectivity index (χ0v) is 22.3. The summed E-state index contributed by atoms with van der Waals surface area (Å²) in [7, 11) is 1.63. The van der Waals surface area contributed by atoms with Crippen LogP contribution in [0.4, 0.5) is 10.5 Å². The van der Waals surface area contributed by atoms with Gasteiger partial charge in [0.2, 0.25) is 0 Å². The highest BCUT2D eigenvalue weighted by Gasteiger charge is 2.36. The number of methoxy groups -OCH3 is 1. The van der Waals surface area contributed by atoms with E-state index in [1.54, 1.807) is 7.11 Å². The van der Waals surface area contributed by atoms with Gasteiger partial charge in [-0.3, -0.25) is 0 Å². The molecule has 1 atom stereocenters. The van der Waals surface area contributed by atoms with Crippen LogP contribution in [-0.2, 0) is 13.0 Å². The zero-order chi connectivity index (χ0) is 26.9. The predicted octanol–water partition coefficient (Wildman–Crippen LogP) is 6.68. The summed E-state index contributed by atoms with van der Waals surface area (Å²) in [5.74, 6) is 1.71. The number of benzene rings is 3. The van der Waals surface area contributed by atoms with E-state index in [4.69, 9.17) is 9.84 Å². The Hall–Kier alpha value is -4.78. The van der Waals surface area contributed by atoms with Crippen LogP contribution in [0.2, 0.25) is 0 Å². The number of amides is 2. The van der Waals surface area contributed by atoms with Crippen LogP contribution in [0, 0.1) is 6.92 Å². The smallest absolute Gasteiger partial charge is 0.322 e. The van der Waals surface area contributed by atoms with E-state index in [1.807, 2.05) is 58.1 Å². The van der Waals surface area contributed by atoms with Crippen molar-refractivity contribution in [3.05, 3.63) is 125 Å². The molecule has 0 fully saturated rings. The van der Waals surface area contributed by atoms with Gasteiger partial charge in [0, 0.05) is 17.4 Å². The van der Waals surface area contributed by atoms with Crippen molar-refractivity contribution in [3.63, 3.8) is 0 Å². The lowest BCUT2D eigenvalue weighted by molar-refractivity contribution is 0.194. The minimum Gasteiger partial charge on any atom is -0.497 e. The van der Waals surface area contributed by atoms with Crippen molar-refractivity contribution < 1.29 is 9.53 Å². The molecule has 1 aliphatic rings. The Bertz CT molecular complexity index is 1620. The van der Waals surface area contributed by atoms with Crippen LogP contribution in [0.3, 0.4) is 0 Å². The van der Waals surface area contributed by atoms with E-state index >= 15 is 0 Å². The van der Waals surface area contributed by atoms with Crippen LogP contribution in [0.5, 0.6) is 5.75 Å². The summed E-state index contributed by atoms with van der Waals surface area (Å²) in [5.41, 5.74) is 6.91. The Morgan fingerprint density at radius 3 is 2.51 bits per heavy atom. The molecule has 0 radical (unpaired) electrons. The van der Waals surface area contributed by atoms with Gasteiger partial charge < -0.3 is 19.5 Å². The van der Waals surface area contributed by atoms with E-state index in [0.29, 0.717) is 12.2 Å². The van der Waals surface area contributed by atoms with Crippen molar-refractivity contribution >= 4 is 11.7 Å². The first kappa shape index (κ1) is 24.6. The van der Waals surface area contributed by atoms with Crippen molar-refractivity contribution in [1.29, 1.82) is 0 Å². The standard InChI is InChI=1S/C32H31N5O2/c1-4-28-27-21-36(32(38)33-24-15-17-26(39-3)18-16-24)30(23-11-8-10-22(2)20-23)29-14-9-19-35(29)31(27)37(34-28)25-12-6-5-7-13-25/h5-20,30H,4,21H2,1-3H3,(H,33,38)/t30-/m0/s1. The number of anilines is 1. The molecule has 39 heavy (non-hydrogen) atoms. The van der Waals surface area contributed by atoms with Crippen LogP contribution < -0.4 is 10.1 Å². The molecule has 0 saturated carbocycles. The number of hydrogen-bond donors (Lipinski definition) is 1. The van der Waals surface area contributed by atoms with Crippen LogP contribution in [0.25, 0.3) is 11.5 Å². The number of aromatic nitrogens is 3. The van der Waals surface area contributed by atoms with Crippen LogP contribution in [0.15, 0.2) is 97.2 Å². The number of ether oxygens (including phenoxy) is 1. The van der Waals surface area contributed by atoms with Gasteiger partial charge in [-0.1, -0.05) is 55.0 Å². The highest BCUT2D eigenvalue weighted by atomic mass is 16.5. The number of nitrogens with zero attached hydrogens (tertiary/aromatic N) is 4. The topological polar surface area (TPSA) is 64.3 Å². The van der Waals surface area contributed by atoms with E-state index in [-0.39, 0.29) is 12.1 Å². The lowest BCUT2D eigenvalue weighted by Gasteiger charge is -2.31. The molecule has 1 aliphatic heterocycles. The molecule has 7 heteroatoms. The predicted molar refractivity (Wildman–Crippen MR) is 153 cm³/mol. The maximum atomic E-state index is 14.1. The first-order valence-electron chi connectivity index (χ1n) is 13.2. The fraction of sp³-hybridized carbons (Fsp3) is 0.188. The quantitative estimate of drug-likeness (QED) is 0.283. The van der Waals surface area contributed by atoms with E-state index in [1.165, 1.54) is 0 Å². The molecule has 2 amide bonds. The van der Waals surface area contributed by atoms with Gasteiger partial charge in [0.1, 0.15) is 11.6 Å². The van der Waals surface area contributed by atoms with Gasteiger partial charge >= 0.3 is 6.03 Å². The number of nitrogens with one attached hydrogen (secondary N) is 1. The summed E-state index contributed by atoms with van der Waals surface area (Å²) in [6.07, 6.45) is 2.82. The number of fused-ring (bicyclic) bond motifs is 3. The van der Waals surface area contributed by atoms with Crippen LogP contribution in [-0.4, -0.2) is 32.4 Å². The van der Waals surface area contributed by atoms with Gasteiger partial charge in [-0.05, 0) is 67.4 Å². The second-order valence-corrected chi connectivity index (χ2v) is 9.76. The molecule has 2 aromatic heterocycles. The first-order valence-corrected chi connectivity index (χ1v) is 13.2. The van der Waals surface area contributed by atoms with Gasteiger partial charge in [0.25, 0.3) is 0 Å². The summed E-state index contributed by atoms with van der Waals surface area (Å²) in [6, 6.07) is 29.6. The second kappa shape index (κ2) is 10.2. The Balaban J connectivity index is 1.53. The van der Waals surface area contributed by atoms with Gasteiger partial charge in [-0.2, -0.15) is 5.10 Å². The summed E-state index contributed by atoms with van der Waals surface area (Å²) in [4.78, 5) is 16.0. The molecular formula is C32H31N5O2. The molecule has 6 rings (SSSR count). The Kier molecular flexibility index (Phi) is 6.40. The highest BCUT2D eigenvalue weighted by Crippen LogP contribution is 2.39. The summed E-state index contributed by atoms with van der Waals surface area (Å²) < 4.78 is 9.50. The first-order chi connectivity index (χ1) is 19.1. The second-order valence-electron chi connectivity index (χ2n) is 9.76. The monoisotopic (exact) mass is 517 g/mol. The fourth-order valence-corrected chi connectivity index (χ4v) is 5.41. The molecule has 0 saturated heterocycles. The van der Waals surface area contributed by atoms with Crippen molar-refractivity contribution in [3.8, 4) is 17.3 Å². The largest absolute Gasteiger partial charge is 0.497 e. The number of para-hydroxylation sites is 1. The number of aryl methyl sites for hydroxylation is 2. The van der Waals surface area contributed by atoms with E-state index in [2.05, 4.69) is 72.4 Å². The van der Waals surface area contributed by atoms with E-state index < -0.39 is 0 Å². The highest BCUT2D eigenvalue weighted by molar-refractivity contribution is 5.90. The molecule has 0 unspecified atom stereocenters. The molecule has 7 nitrogen and oxygen atoms in total. The third-order valence-corrected chi connectivity index (χ3v) is 7.26. The summed E-state index contributed by atoms with van der Waals surface area (Å²) >= 11 is 0. The molecular weight excluding hydrogens is 486 g/mol. The van der Waals surface area contributed by atoms with Crippen LogP contribution >= 0.6 is 0 Å². The molecule has 0 spiro atoms. The molecule has 196 valence electrons. The van der Waals surface area contributed by atoms with E-state index in [0.717, 1.165) is 51.8 Å². The number of carbonyl (C=O) groups excluding carboxylic acids is 1. The Morgan fingerprint density at radius 2 is 1.79 bits per heavy atom. The Labute approximate surface area is 228 Å². The van der Waals surface area contributed by atoms with Crippen LogP contribution in [0.1, 0.15) is 41.0 Å². The maximum Gasteiger partial charge on any atom is 0.322 e. The molecule has 0 bridgehead atoms. The molecule has 3 aromatic carbocycles. The number of carbonyl (C=O) groups is 1. The summed E-state index contributed by atoms with van der Waals surface area (Å²) in [5, 5.41) is 8.16. The number of hydrogen-bond acceptors (Lipinski definition) is 3. The van der Waals surface area contributed by atoms with Gasteiger partial charge in [0.05, 0.1) is 36.8 Å². The average Bonchev–Trinajstić information content (AvgIpc) is 3.55.